The molecule has 0 aliphatic carbocycles. The molecule has 0 unspecified atom stereocenters. The van der Waals surface area contributed by atoms with Crippen molar-refractivity contribution in [3.63, 3.8) is 0 Å². The predicted octanol–water partition coefficient (Wildman–Crippen LogP) is 0.842. The van der Waals surface area contributed by atoms with E-state index in [9.17, 15) is 13.2 Å². The van der Waals surface area contributed by atoms with Crippen LogP contribution >= 0.6 is 0 Å². The average Bonchev–Trinajstić information content (AvgIpc) is 2.99. The molecule has 1 aromatic rings. The molecule has 2 rings (SSSR count). The molecule has 0 radical (unpaired) electrons. The summed E-state index contributed by atoms with van der Waals surface area (Å²) in [5.74, 6) is -0.194. The number of nitrogens with one attached hydrogen (secondary N) is 2. The molecule has 0 spiro atoms. The van der Waals surface area contributed by atoms with E-state index in [1.165, 1.54) is 0 Å². The summed E-state index contributed by atoms with van der Waals surface area (Å²) >= 11 is 0. The van der Waals surface area contributed by atoms with Gasteiger partial charge in [-0.1, -0.05) is 24.3 Å². The van der Waals surface area contributed by atoms with E-state index < -0.39 is 10.0 Å². The maximum Gasteiger partial charge on any atom is 0.315 e. The minimum absolute atomic E-state index is 0.0327. The molecular formula is C15H23N3O4S. The molecule has 4 N–H and O–H groups in total. The van der Waals surface area contributed by atoms with Crippen molar-refractivity contribution in [1.29, 1.82) is 0 Å². The third kappa shape index (κ3) is 6.17. The molecule has 0 aromatic heterocycles. The summed E-state index contributed by atoms with van der Waals surface area (Å²) in [5.41, 5.74) is 1.50. The number of carbonyl (C=O) groups is 1. The van der Waals surface area contributed by atoms with Crippen molar-refractivity contribution in [2.24, 2.45) is 5.14 Å². The van der Waals surface area contributed by atoms with E-state index in [1.807, 2.05) is 6.92 Å². The summed E-state index contributed by atoms with van der Waals surface area (Å²) in [6.45, 7) is 3.04. The standard InChI is InChI=1S/C15H23N3O4S/c1-11(14-3-2-8-22-14)18-15(19)17-9-12-4-6-13(7-5-12)10-23(16,20)21/h4-7,11,14H,2-3,8-10H2,1H3,(H2,16,20,21)(H2,17,18,19)/t11-,14+/m1/s1. The Morgan fingerprint density at radius 2 is 2.00 bits per heavy atom. The monoisotopic (exact) mass is 341 g/mol. The van der Waals surface area contributed by atoms with Gasteiger partial charge in [-0.3, -0.25) is 0 Å². The maximum atomic E-state index is 11.9. The van der Waals surface area contributed by atoms with Crippen LogP contribution in [0.5, 0.6) is 0 Å². The largest absolute Gasteiger partial charge is 0.376 e. The lowest BCUT2D eigenvalue weighted by atomic mass is 10.1. The van der Waals surface area contributed by atoms with E-state index in [0.29, 0.717) is 12.1 Å². The number of sulfonamides is 1. The number of rotatable bonds is 6. The molecule has 8 heteroatoms. The van der Waals surface area contributed by atoms with Crippen LogP contribution in [0.1, 0.15) is 30.9 Å². The van der Waals surface area contributed by atoms with Gasteiger partial charge < -0.3 is 15.4 Å². The van der Waals surface area contributed by atoms with Crippen molar-refractivity contribution >= 4 is 16.1 Å². The molecule has 0 bridgehead atoms. The Morgan fingerprint density at radius 3 is 2.57 bits per heavy atom. The van der Waals surface area contributed by atoms with Gasteiger partial charge in [0.15, 0.2) is 0 Å². The number of primary sulfonamides is 1. The topological polar surface area (TPSA) is 111 Å². The number of ether oxygens (including phenoxy) is 1. The molecule has 2 atom stereocenters. The Hall–Kier alpha value is -1.64. The van der Waals surface area contributed by atoms with Gasteiger partial charge in [-0.05, 0) is 30.9 Å². The second-order valence-electron chi connectivity index (χ2n) is 5.79. The molecule has 1 aromatic carbocycles. The Balaban J connectivity index is 1.77. The predicted molar refractivity (Wildman–Crippen MR) is 87.1 cm³/mol. The first-order valence-electron chi connectivity index (χ1n) is 7.58. The van der Waals surface area contributed by atoms with Crippen molar-refractivity contribution < 1.29 is 17.9 Å². The van der Waals surface area contributed by atoms with E-state index in [-0.39, 0.29) is 23.9 Å². The van der Waals surface area contributed by atoms with Crippen LogP contribution in [0.3, 0.4) is 0 Å². The van der Waals surface area contributed by atoms with Gasteiger partial charge in [-0.25, -0.2) is 18.4 Å². The van der Waals surface area contributed by atoms with Crippen LogP contribution in [0.2, 0.25) is 0 Å². The molecule has 1 saturated heterocycles. The molecule has 1 aliphatic rings. The average molecular weight is 341 g/mol. The van der Waals surface area contributed by atoms with Gasteiger partial charge >= 0.3 is 6.03 Å². The lowest BCUT2D eigenvalue weighted by molar-refractivity contribution is 0.0860. The molecule has 1 aliphatic heterocycles. The van der Waals surface area contributed by atoms with Crippen molar-refractivity contribution in [2.75, 3.05) is 6.61 Å². The SMILES string of the molecule is C[C@@H](NC(=O)NCc1ccc(CS(N)(=O)=O)cc1)[C@@H]1CCCO1. The lowest BCUT2D eigenvalue weighted by Gasteiger charge is -2.20. The van der Waals surface area contributed by atoms with Crippen LogP contribution in [-0.4, -0.2) is 33.2 Å². The second kappa shape index (κ2) is 7.76. The number of nitrogens with two attached hydrogens (primary N) is 1. The van der Waals surface area contributed by atoms with E-state index in [0.717, 1.165) is 25.0 Å². The van der Waals surface area contributed by atoms with Crippen molar-refractivity contribution in [1.82, 2.24) is 10.6 Å². The first kappa shape index (κ1) is 17.7. The van der Waals surface area contributed by atoms with Crippen LogP contribution in [0.4, 0.5) is 4.79 Å². The van der Waals surface area contributed by atoms with Gasteiger partial charge in [-0.2, -0.15) is 0 Å². The molecule has 128 valence electrons. The van der Waals surface area contributed by atoms with Crippen LogP contribution < -0.4 is 15.8 Å². The smallest absolute Gasteiger partial charge is 0.315 e. The summed E-state index contributed by atoms with van der Waals surface area (Å²) < 4.78 is 27.6. The van der Waals surface area contributed by atoms with Gasteiger partial charge in [-0.15, -0.1) is 0 Å². The van der Waals surface area contributed by atoms with Crippen molar-refractivity contribution in [2.45, 2.75) is 44.2 Å². The summed E-state index contributed by atoms with van der Waals surface area (Å²) in [7, 11) is -3.53. The molecule has 0 saturated carbocycles. The van der Waals surface area contributed by atoms with E-state index in [4.69, 9.17) is 9.88 Å². The zero-order chi connectivity index (χ0) is 16.9. The molecule has 7 nitrogen and oxygen atoms in total. The summed E-state index contributed by atoms with van der Waals surface area (Å²) in [6.07, 6.45) is 2.08. The van der Waals surface area contributed by atoms with Crippen LogP contribution in [0.15, 0.2) is 24.3 Å². The first-order chi connectivity index (χ1) is 10.8. The van der Waals surface area contributed by atoms with Crippen molar-refractivity contribution in [3.05, 3.63) is 35.4 Å². The minimum Gasteiger partial charge on any atom is -0.376 e. The Labute approximate surface area is 136 Å². The highest BCUT2D eigenvalue weighted by Gasteiger charge is 2.23. The zero-order valence-electron chi connectivity index (χ0n) is 13.1. The quantitative estimate of drug-likeness (QED) is 0.712. The van der Waals surface area contributed by atoms with Crippen LogP contribution in [-0.2, 0) is 27.1 Å². The molecule has 1 heterocycles. The van der Waals surface area contributed by atoms with Gasteiger partial charge in [0, 0.05) is 13.2 Å². The third-order valence-electron chi connectivity index (χ3n) is 3.73. The molecule has 1 fully saturated rings. The van der Waals surface area contributed by atoms with Gasteiger partial charge in [0.1, 0.15) is 0 Å². The van der Waals surface area contributed by atoms with E-state index >= 15 is 0 Å². The number of amides is 2. The molecule has 2 amide bonds. The summed E-state index contributed by atoms with van der Waals surface area (Å²) in [6, 6.07) is 6.63. The number of benzene rings is 1. The summed E-state index contributed by atoms with van der Waals surface area (Å²) in [5, 5.41) is 10.6. The Bertz CT molecular complexity index is 625. The van der Waals surface area contributed by atoms with Gasteiger partial charge in [0.05, 0.1) is 17.9 Å². The highest BCUT2D eigenvalue weighted by molar-refractivity contribution is 7.88. The highest BCUT2D eigenvalue weighted by Crippen LogP contribution is 2.15. The van der Waals surface area contributed by atoms with E-state index in [2.05, 4.69) is 10.6 Å². The Kier molecular flexibility index (Phi) is 5.97. The van der Waals surface area contributed by atoms with Crippen molar-refractivity contribution in [3.8, 4) is 0 Å². The number of hydrogen-bond acceptors (Lipinski definition) is 4. The number of urea groups is 1. The highest BCUT2D eigenvalue weighted by atomic mass is 32.2. The summed E-state index contributed by atoms with van der Waals surface area (Å²) in [4.78, 5) is 11.9. The van der Waals surface area contributed by atoms with Gasteiger partial charge in [0.2, 0.25) is 10.0 Å². The fourth-order valence-electron chi connectivity index (χ4n) is 2.52. The molecule has 23 heavy (non-hydrogen) atoms. The van der Waals surface area contributed by atoms with Crippen LogP contribution in [0, 0.1) is 0 Å². The number of carbonyl (C=O) groups excluding carboxylic acids is 1. The number of hydrogen-bond donors (Lipinski definition) is 3. The fourth-order valence-corrected chi connectivity index (χ4v) is 3.17. The van der Waals surface area contributed by atoms with Crippen LogP contribution in [0.25, 0.3) is 0 Å². The Morgan fingerprint density at radius 1 is 1.35 bits per heavy atom. The minimum atomic E-state index is -3.53. The third-order valence-corrected chi connectivity index (χ3v) is 4.46. The second-order valence-corrected chi connectivity index (χ2v) is 7.41. The lowest BCUT2D eigenvalue weighted by Crippen LogP contribution is -2.45. The normalized spacial score (nSPS) is 19.3. The van der Waals surface area contributed by atoms with Gasteiger partial charge in [0.25, 0.3) is 0 Å². The molecular weight excluding hydrogens is 318 g/mol. The zero-order valence-corrected chi connectivity index (χ0v) is 13.9. The maximum absolute atomic E-state index is 11.9. The van der Waals surface area contributed by atoms with E-state index in [1.54, 1.807) is 24.3 Å². The fraction of sp³-hybridized carbons (Fsp3) is 0.533. The first-order valence-corrected chi connectivity index (χ1v) is 9.29.